The van der Waals surface area contributed by atoms with Crippen molar-refractivity contribution >= 4 is 11.6 Å². The fourth-order valence-corrected chi connectivity index (χ4v) is 1.60. The maximum Gasteiger partial charge on any atom is 0.127 e. The average molecular weight is 277 g/mol. The highest BCUT2D eigenvalue weighted by molar-refractivity contribution is 6.18. The van der Waals surface area contributed by atoms with Crippen LogP contribution in [0.1, 0.15) is 6.92 Å². The molecule has 2 nitrogen and oxygen atoms in total. The lowest BCUT2D eigenvalue weighted by Gasteiger charge is -2.11. The molecule has 2 rings (SSSR count). The van der Waals surface area contributed by atoms with E-state index < -0.39 is 0 Å². The minimum Gasteiger partial charge on any atom is -0.493 e. The molecule has 0 aliphatic heterocycles. The first-order valence-electron chi connectivity index (χ1n) is 6.29. The molecule has 0 radical (unpaired) electrons. The van der Waals surface area contributed by atoms with Crippen LogP contribution in [-0.2, 0) is 0 Å². The van der Waals surface area contributed by atoms with Crippen molar-refractivity contribution in [2.24, 2.45) is 5.92 Å². The first-order chi connectivity index (χ1) is 9.28. The molecule has 1 unspecified atom stereocenters. The van der Waals surface area contributed by atoms with Crippen molar-refractivity contribution in [3.05, 3.63) is 54.6 Å². The molecule has 19 heavy (non-hydrogen) atoms. The second-order valence-corrected chi connectivity index (χ2v) is 4.77. The Bertz CT molecular complexity index is 482. The summed E-state index contributed by atoms with van der Waals surface area (Å²) in [6.45, 7) is 2.68. The van der Waals surface area contributed by atoms with Gasteiger partial charge in [0.1, 0.15) is 17.2 Å². The third-order valence-electron chi connectivity index (χ3n) is 2.60. The Morgan fingerprint density at radius 2 is 1.47 bits per heavy atom. The SMILES string of the molecule is CC(CCl)COc1ccc(Oc2ccccc2)cc1. The Balaban J connectivity index is 1.91. The molecule has 1 atom stereocenters. The van der Waals surface area contributed by atoms with Gasteiger partial charge in [-0.15, -0.1) is 11.6 Å². The predicted octanol–water partition coefficient (Wildman–Crippen LogP) is 4.73. The fraction of sp³-hybridized carbons (Fsp3) is 0.250. The van der Waals surface area contributed by atoms with Gasteiger partial charge in [0.2, 0.25) is 0 Å². The molecule has 0 aromatic heterocycles. The van der Waals surface area contributed by atoms with Crippen LogP contribution in [0.2, 0.25) is 0 Å². The summed E-state index contributed by atoms with van der Waals surface area (Å²) in [5, 5.41) is 0. The minimum absolute atomic E-state index is 0.349. The zero-order chi connectivity index (χ0) is 13.5. The summed E-state index contributed by atoms with van der Waals surface area (Å²) in [6, 6.07) is 17.3. The highest BCUT2D eigenvalue weighted by atomic mass is 35.5. The van der Waals surface area contributed by atoms with Gasteiger partial charge in [-0.3, -0.25) is 0 Å². The lowest BCUT2D eigenvalue weighted by molar-refractivity contribution is 0.272. The molecule has 3 heteroatoms. The molecule has 0 N–H and O–H groups in total. The van der Waals surface area contributed by atoms with Crippen LogP contribution in [0.5, 0.6) is 17.2 Å². The van der Waals surface area contributed by atoms with Gasteiger partial charge < -0.3 is 9.47 Å². The van der Waals surface area contributed by atoms with E-state index >= 15 is 0 Å². The van der Waals surface area contributed by atoms with Crippen molar-refractivity contribution in [3.8, 4) is 17.2 Å². The van der Waals surface area contributed by atoms with Crippen molar-refractivity contribution in [1.82, 2.24) is 0 Å². The maximum atomic E-state index is 5.73. The van der Waals surface area contributed by atoms with Gasteiger partial charge in [-0.2, -0.15) is 0 Å². The standard InChI is InChI=1S/C16H17ClO2/c1-13(11-17)12-18-14-7-9-16(10-8-14)19-15-5-3-2-4-6-15/h2-10,13H,11-12H2,1H3. The highest BCUT2D eigenvalue weighted by Crippen LogP contribution is 2.23. The highest BCUT2D eigenvalue weighted by Gasteiger charge is 2.02. The van der Waals surface area contributed by atoms with E-state index in [9.17, 15) is 0 Å². The number of rotatable bonds is 6. The Hall–Kier alpha value is -1.67. The molecule has 2 aromatic rings. The van der Waals surface area contributed by atoms with E-state index in [0.717, 1.165) is 17.2 Å². The molecule has 2 aromatic carbocycles. The third-order valence-corrected chi connectivity index (χ3v) is 3.13. The van der Waals surface area contributed by atoms with Crippen molar-refractivity contribution in [1.29, 1.82) is 0 Å². The van der Waals surface area contributed by atoms with Crippen LogP contribution in [0.3, 0.4) is 0 Å². The molecule has 0 saturated heterocycles. The van der Waals surface area contributed by atoms with Crippen LogP contribution in [0.4, 0.5) is 0 Å². The summed E-state index contributed by atoms with van der Waals surface area (Å²) in [4.78, 5) is 0. The monoisotopic (exact) mass is 276 g/mol. The normalized spacial score (nSPS) is 11.9. The summed E-state index contributed by atoms with van der Waals surface area (Å²) in [5.41, 5.74) is 0. The zero-order valence-electron chi connectivity index (χ0n) is 10.9. The van der Waals surface area contributed by atoms with Gasteiger partial charge >= 0.3 is 0 Å². The fourth-order valence-electron chi connectivity index (χ4n) is 1.51. The van der Waals surface area contributed by atoms with Gasteiger partial charge in [0, 0.05) is 11.8 Å². The second kappa shape index (κ2) is 7.05. The average Bonchev–Trinajstić information content (AvgIpc) is 2.47. The van der Waals surface area contributed by atoms with E-state index in [-0.39, 0.29) is 0 Å². The Labute approximate surface area is 118 Å². The summed E-state index contributed by atoms with van der Waals surface area (Å²) in [7, 11) is 0. The molecule has 0 heterocycles. The Morgan fingerprint density at radius 1 is 0.895 bits per heavy atom. The second-order valence-electron chi connectivity index (χ2n) is 4.46. The number of ether oxygens (including phenoxy) is 2. The van der Waals surface area contributed by atoms with Crippen molar-refractivity contribution in [3.63, 3.8) is 0 Å². The topological polar surface area (TPSA) is 18.5 Å². The van der Waals surface area contributed by atoms with Crippen molar-refractivity contribution in [2.75, 3.05) is 12.5 Å². The van der Waals surface area contributed by atoms with Crippen LogP contribution in [0.25, 0.3) is 0 Å². The predicted molar refractivity (Wildman–Crippen MR) is 78.3 cm³/mol. The van der Waals surface area contributed by atoms with Gasteiger partial charge in [0.25, 0.3) is 0 Å². The van der Waals surface area contributed by atoms with E-state index in [2.05, 4.69) is 6.92 Å². The Morgan fingerprint density at radius 3 is 2.11 bits per heavy atom. The third kappa shape index (κ3) is 4.49. The van der Waals surface area contributed by atoms with Crippen LogP contribution in [0.15, 0.2) is 54.6 Å². The Kier molecular flexibility index (Phi) is 5.10. The van der Waals surface area contributed by atoms with E-state index in [1.807, 2.05) is 54.6 Å². The molecular weight excluding hydrogens is 260 g/mol. The smallest absolute Gasteiger partial charge is 0.127 e. The molecule has 0 fully saturated rings. The molecule has 0 amide bonds. The molecule has 0 spiro atoms. The summed E-state index contributed by atoms with van der Waals surface area (Å²) < 4.78 is 11.3. The van der Waals surface area contributed by atoms with Gasteiger partial charge in [0.15, 0.2) is 0 Å². The van der Waals surface area contributed by atoms with Crippen LogP contribution in [0, 0.1) is 5.92 Å². The molecular formula is C16H17ClO2. The van der Waals surface area contributed by atoms with Crippen LogP contribution in [-0.4, -0.2) is 12.5 Å². The minimum atomic E-state index is 0.349. The van der Waals surface area contributed by atoms with Crippen LogP contribution < -0.4 is 9.47 Å². The van der Waals surface area contributed by atoms with Crippen molar-refractivity contribution in [2.45, 2.75) is 6.92 Å². The van der Waals surface area contributed by atoms with Gasteiger partial charge in [0.05, 0.1) is 6.61 Å². The number of hydrogen-bond acceptors (Lipinski definition) is 2. The molecule has 0 aliphatic carbocycles. The number of halogens is 1. The van der Waals surface area contributed by atoms with Gasteiger partial charge in [-0.1, -0.05) is 25.1 Å². The van der Waals surface area contributed by atoms with E-state index in [1.54, 1.807) is 0 Å². The molecule has 100 valence electrons. The summed E-state index contributed by atoms with van der Waals surface area (Å²) in [5.74, 6) is 3.41. The van der Waals surface area contributed by atoms with Gasteiger partial charge in [-0.25, -0.2) is 0 Å². The van der Waals surface area contributed by atoms with E-state index in [1.165, 1.54) is 0 Å². The largest absolute Gasteiger partial charge is 0.493 e. The summed E-state index contributed by atoms with van der Waals surface area (Å²) in [6.07, 6.45) is 0. The van der Waals surface area contributed by atoms with Crippen LogP contribution >= 0.6 is 11.6 Å². The molecule has 0 bridgehead atoms. The van der Waals surface area contributed by atoms with E-state index in [0.29, 0.717) is 18.4 Å². The quantitative estimate of drug-likeness (QED) is 0.710. The zero-order valence-corrected chi connectivity index (χ0v) is 11.6. The number of benzene rings is 2. The maximum absolute atomic E-state index is 5.73. The first kappa shape index (κ1) is 13.8. The van der Waals surface area contributed by atoms with Gasteiger partial charge in [-0.05, 0) is 36.4 Å². The first-order valence-corrected chi connectivity index (χ1v) is 6.83. The number of para-hydroxylation sites is 1. The lowest BCUT2D eigenvalue weighted by Crippen LogP contribution is -2.09. The lowest BCUT2D eigenvalue weighted by atomic mass is 10.2. The van der Waals surface area contributed by atoms with E-state index in [4.69, 9.17) is 21.1 Å². The van der Waals surface area contributed by atoms with Crippen molar-refractivity contribution < 1.29 is 9.47 Å². The number of alkyl halides is 1. The summed E-state index contributed by atoms with van der Waals surface area (Å²) >= 11 is 5.73. The molecule has 0 aliphatic rings. The molecule has 0 saturated carbocycles. The number of hydrogen-bond donors (Lipinski definition) is 0.